The van der Waals surface area contributed by atoms with E-state index in [4.69, 9.17) is 9.84 Å². The van der Waals surface area contributed by atoms with Crippen LogP contribution in [0.5, 0.6) is 5.88 Å². The molecule has 1 aromatic heterocycles. The van der Waals surface area contributed by atoms with Crippen molar-refractivity contribution >= 4 is 11.7 Å². The Hall–Kier alpha value is -2.04. The maximum absolute atomic E-state index is 10.7. The fourth-order valence-corrected chi connectivity index (χ4v) is 1.29. The van der Waals surface area contributed by atoms with Gasteiger partial charge in [0.25, 0.3) is 0 Å². The molecule has 86 valence electrons. The number of nitrogens with zero attached hydrogens (tertiary/aromatic N) is 2. The summed E-state index contributed by atoms with van der Waals surface area (Å²) in [6.07, 6.45) is 3.22. The summed E-state index contributed by atoms with van der Waals surface area (Å²) in [5, 5.41) is 8.78. The third-order valence-electron chi connectivity index (χ3n) is 1.97. The van der Waals surface area contributed by atoms with Gasteiger partial charge >= 0.3 is 5.97 Å². The van der Waals surface area contributed by atoms with Crippen molar-refractivity contribution in [3.8, 4) is 5.88 Å². The van der Waals surface area contributed by atoms with Gasteiger partial charge in [0.15, 0.2) is 0 Å². The smallest absolute Gasteiger partial charge is 0.323 e. The third kappa shape index (κ3) is 3.27. The Morgan fingerprint density at radius 1 is 1.75 bits per heavy atom. The van der Waals surface area contributed by atoms with Gasteiger partial charge < -0.3 is 14.7 Å². The molecule has 16 heavy (non-hydrogen) atoms. The number of hydrogen-bond donors (Lipinski definition) is 1. The summed E-state index contributed by atoms with van der Waals surface area (Å²) in [7, 11) is 1.52. The van der Waals surface area contributed by atoms with Crippen LogP contribution in [0.3, 0.4) is 0 Å². The van der Waals surface area contributed by atoms with E-state index in [0.29, 0.717) is 12.4 Å². The number of carboxylic acid groups (broad SMARTS) is 1. The minimum Gasteiger partial charge on any atom is -0.481 e. The second-order valence-corrected chi connectivity index (χ2v) is 3.12. The minimum absolute atomic E-state index is 0.0841. The van der Waals surface area contributed by atoms with Crippen LogP contribution < -0.4 is 9.64 Å². The lowest BCUT2D eigenvalue weighted by Crippen LogP contribution is -2.29. The number of methoxy groups -OCH3 is 1. The second kappa shape index (κ2) is 5.75. The van der Waals surface area contributed by atoms with Crippen molar-refractivity contribution in [3.63, 3.8) is 0 Å². The molecule has 1 aromatic rings. The zero-order chi connectivity index (χ0) is 12.0. The van der Waals surface area contributed by atoms with Gasteiger partial charge in [-0.15, -0.1) is 6.58 Å². The van der Waals surface area contributed by atoms with Gasteiger partial charge in [0.05, 0.1) is 7.11 Å². The van der Waals surface area contributed by atoms with Crippen LogP contribution in [0.1, 0.15) is 0 Å². The number of rotatable bonds is 6. The molecule has 0 atom stereocenters. The molecule has 0 saturated carbocycles. The molecule has 5 nitrogen and oxygen atoms in total. The highest BCUT2D eigenvalue weighted by Crippen LogP contribution is 2.18. The Morgan fingerprint density at radius 2 is 2.50 bits per heavy atom. The molecule has 0 aliphatic carbocycles. The molecule has 1 heterocycles. The van der Waals surface area contributed by atoms with Crippen LogP contribution in [0.25, 0.3) is 0 Å². The first-order valence-corrected chi connectivity index (χ1v) is 4.75. The van der Waals surface area contributed by atoms with Crippen molar-refractivity contribution in [2.75, 3.05) is 25.1 Å². The summed E-state index contributed by atoms with van der Waals surface area (Å²) < 4.78 is 4.98. The Kier molecular flexibility index (Phi) is 4.32. The minimum atomic E-state index is -0.891. The van der Waals surface area contributed by atoms with Gasteiger partial charge in [-0.2, -0.15) is 0 Å². The van der Waals surface area contributed by atoms with Crippen LogP contribution >= 0.6 is 0 Å². The summed E-state index contributed by atoms with van der Waals surface area (Å²) in [6, 6.07) is 3.42. The standard InChI is InChI=1S/C11H14N2O3/c1-3-6-13(8-11(14)15)9-4-5-12-10(7-9)16-2/h3-5,7H,1,6,8H2,2H3,(H,14,15). The van der Waals surface area contributed by atoms with E-state index >= 15 is 0 Å². The van der Waals surface area contributed by atoms with Gasteiger partial charge in [0.2, 0.25) is 5.88 Å². The lowest BCUT2D eigenvalue weighted by Gasteiger charge is -2.21. The summed E-state index contributed by atoms with van der Waals surface area (Å²) in [4.78, 5) is 16.3. The van der Waals surface area contributed by atoms with Gasteiger partial charge in [-0.25, -0.2) is 4.98 Å². The van der Waals surface area contributed by atoms with Crippen LogP contribution in [0, 0.1) is 0 Å². The first-order chi connectivity index (χ1) is 7.67. The molecule has 0 saturated heterocycles. The first kappa shape index (κ1) is 12.0. The summed E-state index contributed by atoms with van der Waals surface area (Å²) in [5.74, 6) is -0.436. The highest BCUT2D eigenvalue weighted by molar-refractivity contribution is 5.74. The molecular weight excluding hydrogens is 208 g/mol. The van der Waals surface area contributed by atoms with Crippen molar-refractivity contribution in [2.24, 2.45) is 0 Å². The lowest BCUT2D eigenvalue weighted by molar-refractivity contribution is -0.135. The molecule has 1 N–H and O–H groups in total. The van der Waals surface area contributed by atoms with Crippen molar-refractivity contribution in [1.82, 2.24) is 4.98 Å². The first-order valence-electron chi connectivity index (χ1n) is 4.75. The van der Waals surface area contributed by atoms with Gasteiger partial charge in [-0.3, -0.25) is 4.79 Å². The molecule has 0 unspecified atom stereocenters. The van der Waals surface area contributed by atoms with Gasteiger partial charge in [0.1, 0.15) is 6.54 Å². The summed E-state index contributed by atoms with van der Waals surface area (Å²) in [6.45, 7) is 3.97. The van der Waals surface area contributed by atoms with E-state index in [0.717, 1.165) is 5.69 Å². The van der Waals surface area contributed by atoms with E-state index in [-0.39, 0.29) is 6.54 Å². The number of pyridine rings is 1. The molecular formula is C11H14N2O3. The average Bonchev–Trinajstić information content (AvgIpc) is 2.28. The fraction of sp³-hybridized carbons (Fsp3) is 0.273. The predicted octanol–water partition coefficient (Wildman–Crippen LogP) is 1.17. The SMILES string of the molecule is C=CCN(CC(=O)O)c1ccnc(OC)c1. The van der Waals surface area contributed by atoms with E-state index in [1.165, 1.54) is 7.11 Å². The van der Waals surface area contributed by atoms with E-state index in [2.05, 4.69) is 11.6 Å². The monoisotopic (exact) mass is 222 g/mol. The number of aliphatic carboxylic acids is 1. The molecule has 0 aliphatic heterocycles. The van der Waals surface area contributed by atoms with Crippen LogP contribution in [0.2, 0.25) is 0 Å². The number of aromatic nitrogens is 1. The lowest BCUT2D eigenvalue weighted by atomic mass is 10.3. The van der Waals surface area contributed by atoms with Gasteiger partial charge in [0, 0.05) is 24.5 Å². The number of ether oxygens (including phenoxy) is 1. The van der Waals surface area contributed by atoms with Crippen molar-refractivity contribution in [3.05, 3.63) is 31.0 Å². The van der Waals surface area contributed by atoms with E-state index < -0.39 is 5.97 Å². The van der Waals surface area contributed by atoms with Gasteiger partial charge in [-0.05, 0) is 6.07 Å². The Labute approximate surface area is 94.0 Å². The number of carboxylic acids is 1. The fourth-order valence-electron chi connectivity index (χ4n) is 1.29. The molecule has 0 aliphatic rings. The zero-order valence-electron chi connectivity index (χ0n) is 9.09. The summed E-state index contributed by atoms with van der Waals surface area (Å²) >= 11 is 0. The number of hydrogen-bond acceptors (Lipinski definition) is 4. The normalized spacial score (nSPS) is 9.56. The van der Waals surface area contributed by atoms with Crippen molar-refractivity contribution in [2.45, 2.75) is 0 Å². The van der Waals surface area contributed by atoms with Crippen molar-refractivity contribution < 1.29 is 14.6 Å². The maximum Gasteiger partial charge on any atom is 0.323 e. The average molecular weight is 222 g/mol. The van der Waals surface area contributed by atoms with E-state index in [9.17, 15) is 4.79 Å². The Bertz CT molecular complexity index is 379. The summed E-state index contributed by atoms with van der Waals surface area (Å²) in [5.41, 5.74) is 0.745. The van der Waals surface area contributed by atoms with E-state index in [1.807, 2.05) is 0 Å². The molecule has 0 bridgehead atoms. The highest BCUT2D eigenvalue weighted by atomic mass is 16.5. The largest absolute Gasteiger partial charge is 0.481 e. The van der Waals surface area contributed by atoms with Gasteiger partial charge in [-0.1, -0.05) is 6.08 Å². The van der Waals surface area contributed by atoms with Crippen LogP contribution in [-0.4, -0.2) is 36.3 Å². The molecule has 0 radical (unpaired) electrons. The zero-order valence-corrected chi connectivity index (χ0v) is 9.09. The number of anilines is 1. The molecule has 0 amide bonds. The Morgan fingerprint density at radius 3 is 3.06 bits per heavy atom. The van der Waals surface area contributed by atoms with Crippen molar-refractivity contribution in [1.29, 1.82) is 0 Å². The Balaban J connectivity index is 2.90. The van der Waals surface area contributed by atoms with Crippen LogP contribution in [0.15, 0.2) is 31.0 Å². The van der Waals surface area contributed by atoms with Crippen LogP contribution in [0.4, 0.5) is 5.69 Å². The number of carbonyl (C=O) groups is 1. The molecule has 5 heteroatoms. The third-order valence-corrected chi connectivity index (χ3v) is 1.97. The highest BCUT2D eigenvalue weighted by Gasteiger charge is 2.10. The van der Waals surface area contributed by atoms with Crippen LogP contribution in [-0.2, 0) is 4.79 Å². The molecule has 0 aromatic carbocycles. The topological polar surface area (TPSA) is 62.7 Å². The quantitative estimate of drug-likeness (QED) is 0.732. The maximum atomic E-state index is 10.7. The molecule has 1 rings (SSSR count). The second-order valence-electron chi connectivity index (χ2n) is 3.12. The predicted molar refractivity (Wildman–Crippen MR) is 60.8 cm³/mol. The van der Waals surface area contributed by atoms with E-state index in [1.54, 1.807) is 29.3 Å². The molecule has 0 fully saturated rings. The molecule has 0 spiro atoms.